The number of nitrogens with zero attached hydrogens (tertiary/aromatic N) is 3. The topological polar surface area (TPSA) is 115 Å². The molecule has 1 aliphatic rings. The maximum atomic E-state index is 13.5. The molecule has 30 heavy (non-hydrogen) atoms. The number of amides is 2. The van der Waals surface area contributed by atoms with Crippen molar-refractivity contribution in [3.63, 3.8) is 0 Å². The molecule has 8 nitrogen and oxygen atoms in total. The molecule has 1 fully saturated rings. The number of nitrogens with one attached hydrogen (secondary N) is 2. The first-order valence-corrected chi connectivity index (χ1v) is 10.6. The molecule has 10 heteroatoms. The number of halogens is 1. The summed E-state index contributed by atoms with van der Waals surface area (Å²) in [7, 11) is 1.79. The third kappa shape index (κ3) is 4.28. The number of rotatable bonds is 5. The number of aryl methyl sites for hydroxylation is 1. The third-order valence-electron chi connectivity index (χ3n) is 5.57. The van der Waals surface area contributed by atoms with Gasteiger partial charge < -0.3 is 20.9 Å². The number of anilines is 1. The molecule has 0 saturated heterocycles. The molecule has 2 aromatic heterocycles. The Hall–Kier alpha value is -3.01. The molecule has 2 amide bonds. The van der Waals surface area contributed by atoms with Gasteiger partial charge in [0.05, 0.1) is 6.54 Å². The summed E-state index contributed by atoms with van der Waals surface area (Å²) in [6.07, 6.45) is 2.87. The minimum absolute atomic E-state index is 0.00995. The van der Waals surface area contributed by atoms with Crippen molar-refractivity contribution < 1.29 is 14.0 Å². The third-order valence-corrected chi connectivity index (χ3v) is 6.32. The lowest BCUT2D eigenvalue weighted by molar-refractivity contribution is -0.126. The van der Waals surface area contributed by atoms with Gasteiger partial charge in [0.2, 0.25) is 11.0 Å². The molecule has 0 aliphatic heterocycles. The first-order valence-electron chi connectivity index (χ1n) is 9.82. The summed E-state index contributed by atoms with van der Waals surface area (Å²) in [4.78, 5) is 25.1. The molecule has 0 atom stereocenters. The molecule has 3 aromatic rings. The first kappa shape index (κ1) is 20.3. The lowest BCUT2D eigenvalue weighted by Gasteiger charge is -2.28. The Balaban J connectivity index is 1.29. The molecule has 0 spiro atoms. The fourth-order valence-corrected chi connectivity index (χ4v) is 4.49. The van der Waals surface area contributed by atoms with Gasteiger partial charge in [-0.1, -0.05) is 11.3 Å². The first-order chi connectivity index (χ1) is 14.4. The molecule has 4 N–H and O–H groups in total. The molecule has 0 unspecified atom stereocenters. The van der Waals surface area contributed by atoms with Crippen molar-refractivity contribution in [3.05, 3.63) is 40.8 Å². The van der Waals surface area contributed by atoms with Crippen molar-refractivity contribution in [1.29, 1.82) is 0 Å². The SMILES string of the molecule is Cn1c(C(=O)NC2CCC(C(=O)NCc3nnc(N)s3)CC2)cc2cc(F)ccc21. The van der Waals surface area contributed by atoms with Crippen LogP contribution in [0.4, 0.5) is 9.52 Å². The van der Waals surface area contributed by atoms with Gasteiger partial charge in [-0.05, 0) is 49.9 Å². The maximum Gasteiger partial charge on any atom is 0.268 e. The summed E-state index contributed by atoms with van der Waals surface area (Å²) in [5, 5.41) is 15.3. The highest BCUT2D eigenvalue weighted by Crippen LogP contribution is 2.26. The highest BCUT2D eigenvalue weighted by molar-refractivity contribution is 7.15. The van der Waals surface area contributed by atoms with Crippen molar-refractivity contribution in [2.24, 2.45) is 13.0 Å². The van der Waals surface area contributed by atoms with Crippen LogP contribution in [0.2, 0.25) is 0 Å². The number of nitrogen functional groups attached to an aromatic ring is 1. The Morgan fingerprint density at radius 1 is 1.23 bits per heavy atom. The number of hydrogen-bond donors (Lipinski definition) is 3. The largest absolute Gasteiger partial charge is 0.374 e. The minimum atomic E-state index is -0.328. The molecular formula is C20H23FN6O2S. The molecule has 4 rings (SSSR count). The monoisotopic (exact) mass is 430 g/mol. The van der Waals surface area contributed by atoms with Gasteiger partial charge in [0.1, 0.15) is 16.5 Å². The Bertz CT molecular complexity index is 1090. The van der Waals surface area contributed by atoms with Crippen molar-refractivity contribution in [2.45, 2.75) is 38.3 Å². The second-order valence-electron chi connectivity index (χ2n) is 7.57. The van der Waals surface area contributed by atoms with Crippen LogP contribution in [0.5, 0.6) is 0 Å². The summed E-state index contributed by atoms with van der Waals surface area (Å²) in [6.45, 7) is 0.325. The molecule has 0 bridgehead atoms. The number of benzene rings is 1. The van der Waals surface area contributed by atoms with E-state index in [1.54, 1.807) is 23.7 Å². The second-order valence-corrected chi connectivity index (χ2v) is 8.66. The van der Waals surface area contributed by atoms with Crippen LogP contribution in [0, 0.1) is 11.7 Å². The van der Waals surface area contributed by atoms with E-state index < -0.39 is 0 Å². The van der Waals surface area contributed by atoms with Crippen LogP contribution in [0.3, 0.4) is 0 Å². The fourth-order valence-electron chi connectivity index (χ4n) is 3.94. The van der Waals surface area contributed by atoms with E-state index in [2.05, 4.69) is 20.8 Å². The van der Waals surface area contributed by atoms with Crippen LogP contribution < -0.4 is 16.4 Å². The van der Waals surface area contributed by atoms with Gasteiger partial charge >= 0.3 is 0 Å². The molecule has 1 saturated carbocycles. The number of carbonyl (C=O) groups excluding carboxylic acids is 2. The zero-order valence-corrected chi connectivity index (χ0v) is 17.3. The van der Waals surface area contributed by atoms with Crippen molar-refractivity contribution in [2.75, 3.05) is 5.73 Å². The maximum absolute atomic E-state index is 13.5. The second kappa shape index (κ2) is 8.39. The van der Waals surface area contributed by atoms with E-state index in [9.17, 15) is 14.0 Å². The van der Waals surface area contributed by atoms with E-state index in [-0.39, 0.29) is 29.6 Å². The van der Waals surface area contributed by atoms with Crippen molar-refractivity contribution in [3.8, 4) is 0 Å². The summed E-state index contributed by atoms with van der Waals surface area (Å²) in [6, 6.07) is 6.19. The molecule has 1 aliphatic carbocycles. The molecular weight excluding hydrogens is 407 g/mol. The zero-order chi connectivity index (χ0) is 21.3. The van der Waals surface area contributed by atoms with E-state index in [0.29, 0.717) is 40.6 Å². The Morgan fingerprint density at radius 2 is 2.00 bits per heavy atom. The normalized spacial score (nSPS) is 19.0. The molecule has 0 radical (unpaired) electrons. The number of aromatic nitrogens is 3. The summed E-state index contributed by atoms with van der Waals surface area (Å²) < 4.78 is 15.2. The van der Waals surface area contributed by atoms with Crippen molar-refractivity contribution >= 4 is 39.2 Å². The lowest BCUT2D eigenvalue weighted by atomic mass is 9.85. The van der Waals surface area contributed by atoms with Gasteiger partial charge in [-0.3, -0.25) is 9.59 Å². The van der Waals surface area contributed by atoms with E-state index in [1.807, 2.05) is 0 Å². The van der Waals surface area contributed by atoms with Crippen LogP contribution in [-0.2, 0) is 18.4 Å². The van der Waals surface area contributed by atoms with Crippen LogP contribution in [0.15, 0.2) is 24.3 Å². The van der Waals surface area contributed by atoms with E-state index >= 15 is 0 Å². The van der Waals surface area contributed by atoms with Crippen LogP contribution >= 0.6 is 11.3 Å². The average molecular weight is 431 g/mol. The Morgan fingerprint density at radius 3 is 2.70 bits per heavy atom. The summed E-state index contributed by atoms with van der Waals surface area (Å²) >= 11 is 1.26. The van der Waals surface area contributed by atoms with Gasteiger partial charge in [0.15, 0.2) is 0 Å². The summed E-state index contributed by atoms with van der Waals surface area (Å²) in [5.74, 6) is -0.601. The van der Waals surface area contributed by atoms with Crippen molar-refractivity contribution in [1.82, 2.24) is 25.4 Å². The summed E-state index contributed by atoms with van der Waals surface area (Å²) in [5.41, 5.74) is 6.84. The molecule has 2 heterocycles. The van der Waals surface area contributed by atoms with Gasteiger partial charge in [0.25, 0.3) is 5.91 Å². The smallest absolute Gasteiger partial charge is 0.268 e. The Kier molecular flexibility index (Phi) is 5.67. The standard InChI is InChI=1S/C20H23FN6O2S/c1-27-15-7-4-13(21)8-12(15)9-16(27)19(29)24-14-5-2-11(3-6-14)18(28)23-10-17-25-26-20(22)30-17/h4,7-9,11,14H,2-3,5-6,10H2,1H3,(H2,22,26)(H,23,28)(H,24,29). The highest BCUT2D eigenvalue weighted by atomic mass is 32.1. The number of hydrogen-bond acceptors (Lipinski definition) is 6. The van der Waals surface area contributed by atoms with E-state index in [1.165, 1.54) is 23.5 Å². The quantitative estimate of drug-likeness (QED) is 0.575. The lowest BCUT2D eigenvalue weighted by Crippen LogP contribution is -2.41. The number of nitrogens with two attached hydrogens (primary N) is 1. The van der Waals surface area contributed by atoms with Gasteiger partial charge in [-0.25, -0.2) is 4.39 Å². The van der Waals surface area contributed by atoms with Crippen LogP contribution in [-0.4, -0.2) is 32.6 Å². The Labute approximate surface area is 176 Å². The predicted molar refractivity (Wildman–Crippen MR) is 112 cm³/mol. The minimum Gasteiger partial charge on any atom is -0.374 e. The molecule has 158 valence electrons. The highest BCUT2D eigenvalue weighted by Gasteiger charge is 2.28. The fraction of sp³-hybridized carbons (Fsp3) is 0.400. The van der Waals surface area contributed by atoms with Crippen LogP contribution in [0.1, 0.15) is 41.2 Å². The predicted octanol–water partition coefficient (Wildman–Crippen LogP) is 2.36. The number of fused-ring (bicyclic) bond motifs is 1. The average Bonchev–Trinajstić information content (AvgIpc) is 3.29. The van der Waals surface area contributed by atoms with E-state index in [0.717, 1.165) is 18.4 Å². The zero-order valence-electron chi connectivity index (χ0n) is 16.5. The molecule has 1 aromatic carbocycles. The van der Waals surface area contributed by atoms with Gasteiger partial charge in [-0.15, -0.1) is 10.2 Å². The number of carbonyl (C=O) groups is 2. The van der Waals surface area contributed by atoms with E-state index in [4.69, 9.17) is 5.73 Å². The van der Waals surface area contributed by atoms with Crippen LogP contribution in [0.25, 0.3) is 10.9 Å². The van der Waals surface area contributed by atoms with Gasteiger partial charge in [0, 0.05) is 29.9 Å². The van der Waals surface area contributed by atoms with Gasteiger partial charge in [-0.2, -0.15) is 0 Å².